The summed E-state index contributed by atoms with van der Waals surface area (Å²) >= 11 is 0. The summed E-state index contributed by atoms with van der Waals surface area (Å²) in [5, 5.41) is 57.7. The second kappa shape index (κ2) is 20.7. The molecule has 0 spiro atoms. The number of hydrogen-bond donors (Lipinski definition) is 0. The Morgan fingerprint density at radius 3 is 0.918 bits per heavy atom. The number of rotatable bonds is 7. The summed E-state index contributed by atoms with van der Waals surface area (Å²) in [6.45, 7) is 0. The topological polar surface area (TPSA) is 125 Å². The maximum Gasteiger partial charge on any atom is 0.101 e. The van der Waals surface area contributed by atoms with Crippen LogP contribution in [0.2, 0.25) is 0 Å². The van der Waals surface area contributed by atoms with Crippen LogP contribution in [0.15, 0.2) is 291 Å². The van der Waals surface area contributed by atoms with Gasteiger partial charge in [0, 0.05) is 76.0 Å². The fourth-order valence-electron chi connectivity index (χ4n) is 16.4. The average Bonchev–Trinajstić information content (AvgIpc) is 1.47. The lowest BCUT2D eigenvalue weighted by Crippen LogP contribution is -2.04. The van der Waals surface area contributed by atoms with E-state index in [-0.39, 0.29) is 0 Å². The Balaban J connectivity index is 0.784. The molecule has 0 atom stereocenters. The number of para-hydroxylation sites is 8. The zero-order chi connectivity index (χ0) is 65.0. The maximum atomic E-state index is 11.5. The van der Waals surface area contributed by atoms with Crippen LogP contribution in [0.4, 0.5) is 0 Å². The van der Waals surface area contributed by atoms with Crippen molar-refractivity contribution < 1.29 is 0 Å². The van der Waals surface area contributed by atoms with Crippen LogP contribution in [-0.4, -0.2) is 27.4 Å². The first-order valence-corrected chi connectivity index (χ1v) is 32.6. The molecular weight excluding hydrogens is 1200 g/mol. The molecule has 0 saturated heterocycles. The van der Waals surface area contributed by atoms with Crippen molar-refractivity contribution in [2.24, 2.45) is 0 Å². The molecule has 10 nitrogen and oxygen atoms in total. The predicted molar refractivity (Wildman–Crippen MR) is 397 cm³/mol. The van der Waals surface area contributed by atoms with Gasteiger partial charge in [-0.3, -0.25) is 0 Å². The molecule has 6 aromatic heterocycles. The van der Waals surface area contributed by atoms with Crippen molar-refractivity contribution in [1.29, 1.82) is 21.0 Å². The molecule has 0 unspecified atom stereocenters. The molecule has 10 heteroatoms. The highest BCUT2D eigenvalue weighted by atomic mass is 15.0. The molecule has 0 saturated carbocycles. The van der Waals surface area contributed by atoms with Crippen molar-refractivity contribution in [3.05, 3.63) is 313 Å². The Bertz CT molecular complexity index is 7040. The van der Waals surface area contributed by atoms with Crippen LogP contribution in [0.3, 0.4) is 0 Å². The minimum Gasteiger partial charge on any atom is -0.309 e. The Kier molecular flexibility index (Phi) is 11.5. The zero-order valence-electron chi connectivity index (χ0n) is 52.2. The molecule has 0 fully saturated rings. The van der Waals surface area contributed by atoms with Crippen LogP contribution in [0.5, 0.6) is 0 Å². The van der Waals surface area contributed by atoms with Gasteiger partial charge < -0.3 is 27.4 Å². The minimum atomic E-state index is 0.387. The monoisotopic (exact) mass is 1240 g/mol. The standard InChI is InChI=1S/C88H48N10/c89-49-54-44-55(50-90)82(48-81(54)95-68-31-13-7-24-61(68)62-25-8-14-32-69(62)95)98-73-36-18-12-29-66(73)87-78(98)43-41-76-88(87)67-39-38-53(45-83(67)94(76)59-22-5-2-6-23-59)60-30-19-37-74-84(60)63-26-9-16-34-71(63)96(74)79-46-57(52-92)80(47-56(79)51-91)97-72-35-17-11-28-65(72)86-77(97)42-40-75-85(86)64-27-10-15-33-70(64)93(75)58-20-3-1-4-21-58/h1-48H. The van der Waals surface area contributed by atoms with Crippen LogP contribution in [0, 0.1) is 45.3 Å². The molecule has 6 heterocycles. The van der Waals surface area contributed by atoms with Crippen molar-refractivity contribution in [2.45, 2.75) is 0 Å². The Hall–Kier alpha value is -14.2. The Morgan fingerprint density at radius 2 is 0.490 bits per heavy atom. The van der Waals surface area contributed by atoms with Gasteiger partial charge in [0.05, 0.1) is 111 Å². The molecule has 14 aromatic carbocycles. The van der Waals surface area contributed by atoms with Gasteiger partial charge in [0.25, 0.3) is 0 Å². The normalized spacial score (nSPS) is 11.8. The van der Waals surface area contributed by atoms with E-state index in [0.29, 0.717) is 45.0 Å². The van der Waals surface area contributed by atoms with Gasteiger partial charge in [-0.05, 0) is 132 Å². The number of benzene rings is 14. The van der Waals surface area contributed by atoms with E-state index >= 15 is 0 Å². The summed E-state index contributed by atoms with van der Waals surface area (Å²) in [6.07, 6.45) is 0. The van der Waals surface area contributed by atoms with Crippen molar-refractivity contribution >= 4 is 131 Å². The van der Waals surface area contributed by atoms with Gasteiger partial charge in [0.1, 0.15) is 24.3 Å². The molecule has 0 N–H and O–H groups in total. The number of nitrogens with zero attached hydrogens (tertiary/aromatic N) is 10. The molecular formula is C88H48N10. The van der Waals surface area contributed by atoms with E-state index in [1.807, 2.05) is 72.8 Å². The molecule has 0 amide bonds. The fraction of sp³-hybridized carbons (Fsp3) is 0. The Labute approximate surface area is 559 Å². The number of nitriles is 4. The van der Waals surface area contributed by atoms with Crippen molar-refractivity contribution in [3.63, 3.8) is 0 Å². The maximum absolute atomic E-state index is 11.5. The summed E-state index contributed by atoms with van der Waals surface area (Å²) in [7, 11) is 0. The first-order valence-electron chi connectivity index (χ1n) is 32.6. The quantitative estimate of drug-likeness (QED) is 0.158. The fourth-order valence-corrected chi connectivity index (χ4v) is 16.4. The summed E-state index contributed by atoms with van der Waals surface area (Å²) < 4.78 is 13.4. The molecule has 0 bridgehead atoms. The molecule has 0 radical (unpaired) electrons. The number of fused-ring (bicyclic) bond motifs is 20. The largest absolute Gasteiger partial charge is 0.309 e. The average molecular weight is 1250 g/mol. The van der Waals surface area contributed by atoms with Crippen LogP contribution in [-0.2, 0) is 0 Å². The number of aromatic nitrogens is 6. The lowest BCUT2D eigenvalue weighted by atomic mass is 9.97. The second-order valence-electron chi connectivity index (χ2n) is 25.1. The molecule has 0 aliphatic rings. The van der Waals surface area contributed by atoms with Crippen molar-refractivity contribution in [2.75, 3.05) is 0 Å². The minimum absolute atomic E-state index is 0.387. The first-order chi connectivity index (χ1) is 48.5. The van der Waals surface area contributed by atoms with Crippen LogP contribution in [0.1, 0.15) is 22.3 Å². The third-order valence-electron chi connectivity index (χ3n) is 20.3. The molecule has 20 rings (SSSR count). The van der Waals surface area contributed by atoms with Gasteiger partial charge in [-0.15, -0.1) is 0 Å². The van der Waals surface area contributed by atoms with Gasteiger partial charge in [-0.25, -0.2) is 0 Å². The predicted octanol–water partition coefficient (Wildman–Crippen LogP) is 21.4. The summed E-state index contributed by atoms with van der Waals surface area (Å²) in [6, 6.07) is 111. The van der Waals surface area contributed by atoms with Gasteiger partial charge >= 0.3 is 0 Å². The van der Waals surface area contributed by atoms with E-state index in [0.717, 1.165) is 153 Å². The van der Waals surface area contributed by atoms with E-state index in [9.17, 15) is 21.0 Å². The summed E-state index contributed by atoms with van der Waals surface area (Å²) in [5.74, 6) is 0. The smallest absolute Gasteiger partial charge is 0.101 e. The van der Waals surface area contributed by atoms with E-state index in [1.165, 1.54) is 0 Å². The van der Waals surface area contributed by atoms with Crippen LogP contribution in [0.25, 0.3) is 176 Å². The second-order valence-corrected chi connectivity index (χ2v) is 25.1. The highest BCUT2D eigenvalue weighted by Crippen LogP contribution is 2.48. The van der Waals surface area contributed by atoms with Crippen LogP contribution < -0.4 is 0 Å². The number of hydrogen-bond acceptors (Lipinski definition) is 4. The Morgan fingerprint density at radius 1 is 0.194 bits per heavy atom. The third-order valence-corrected chi connectivity index (χ3v) is 20.3. The highest BCUT2D eigenvalue weighted by Gasteiger charge is 2.28. The lowest BCUT2D eigenvalue weighted by Gasteiger charge is -2.16. The van der Waals surface area contributed by atoms with E-state index < -0.39 is 0 Å². The van der Waals surface area contributed by atoms with Crippen molar-refractivity contribution in [1.82, 2.24) is 27.4 Å². The molecule has 0 aliphatic carbocycles. The lowest BCUT2D eigenvalue weighted by molar-refractivity contribution is 1.12. The SMILES string of the molecule is N#Cc1cc(C#N)c(-n2c3ccccc3c3c4c5ccc(-c6cccc7c6c6ccccc6n7-c6cc(C#N)c(-n7c8ccccc8c8c9c%10ccccc%10n(-c%10ccccc%10)c9ccc87)cc6C#N)cc5n(-c5ccccc5)c4ccc32)cc1-n1c2ccccc2c2ccccc21. The van der Waals surface area contributed by atoms with E-state index in [1.54, 1.807) is 6.07 Å². The molecule has 450 valence electrons. The molecule has 0 aliphatic heterocycles. The highest BCUT2D eigenvalue weighted by molar-refractivity contribution is 6.31. The van der Waals surface area contributed by atoms with Gasteiger partial charge in [0.2, 0.25) is 0 Å². The van der Waals surface area contributed by atoms with Crippen LogP contribution >= 0.6 is 0 Å². The summed E-state index contributed by atoms with van der Waals surface area (Å²) in [5.41, 5.74) is 20.0. The van der Waals surface area contributed by atoms with Gasteiger partial charge in [0.15, 0.2) is 0 Å². The molecule has 98 heavy (non-hydrogen) atoms. The third kappa shape index (κ3) is 7.40. The van der Waals surface area contributed by atoms with Gasteiger partial charge in [-0.2, -0.15) is 21.0 Å². The van der Waals surface area contributed by atoms with Crippen molar-refractivity contribution in [3.8, 4) is 69.5 Å². The first kappa shape index (κ1) is 54.4. The molecule has 20 aromatic rings. The summed E-state index contributed by atoms with van der Waals surface area (Å²) in [4.78, 5) is 0. The zero-order valence-corrected chi connectivity index (χ0v) is 52.2. The van der Waals surface area contributed by atoms with E-state index in [4.69, 9.17) is 0 Å². The van der Waals surface area contributed by atoms with Gasteiger partial charge in [-0.1, -0.05) is 170 Å². The van der Waals surface area contributed by atoms with E-state index in [2.05, 4.69) is 264 Å².